The third kappa shape index (κ3) is 14.1. The molecule has 0 bridgehead atoms. The van der Waals surface area contributed by atoms with Crippen molar-refractivity contribution >= 4 is 79.7 Å². The molecule has 0 aromatic carbocycles. The van der Waals surface area contributed by atoms with Crippen LogP contribution in [0.5, 0.6) is 0 Å². The number of thiol groups is 1. The molecule has 0 radical (unpaired) electrons. The van der Waals surface area contributed by atoms with Gasteiger partial charge >= 0.3 is 49.7 Å². The van der Waals surface area contributed by atoms with Crippen molar-refractivity contribution in [2.45, 2.75) is 11.7 Å². The number of carbonyl (C=O) groups is 2. The van der Waals surface area contributed by atoms with Gasteiger partial charge in [0.15, 0.2) is 17.4 Å². The van der Waals surface area contributed by atoms with Gasteiger partial charge in [0.2, 0.25) is 0 Å². The summed E-state index contributed by atoms with van der Waals surface area (Å²) in [7, 11) is 0. The zero-order valence-electron chi connectivity index (χ0n) is 4.80. The van der Waals surface area contributed by atoms with Crippen molar-refractivity contribution < 1.29 is 36.9 Å². The second-order valence-corrected chi connectivity index (χ2v) is 2.08. The van der Waals surface area contributed by atoms with Gasteiger partial charge in [0, 0.05) is 17.1 Å². The predicted octanol–water partition coefficient (Wildman–Crippen LogP) is -2.26. The Balaban J connectivity index is -0.000000107. The molecule has 0 aliphatic heterocycles. The van der Waals surface area contributed by atoms with Crippen LogP contribution in [0.1, 0.15) is 6.42 Å². The fraction of sp³-hybridized carbons (Fsp3) is 0.500. The smallest absolute Gasteiger partial charge is 0 e. The first-order valence-corrected chi connectivity index (χ1v) is 2.68. The van der Waals surface area contributed by atoms with E-state index in [4.69, 9.17) is 10.2 Å². The molecule has 0 aromatic rings. The Morgan fingerprint density at radius 2 is 1.67 bits per heavy atom. The minimum Gasteiger partial charge on any atom is 0 e. The van der Waals surface area contributed by atoms with Gasteiger partial charge in [-0.2, -0.15) is 12.6 Å². The van der Waals surface area contributed by atoms with Gasteiger partial charge in [-0.25, -0.2) is 0 Å². The normalized spacial score (nSPS) is 9.42. The summed E-state index contributed by atoms with van der Waals surface area (Å²) in [6.45, 7) is 0. The van der Waals surface area contributed by atoms with Gasteiger partial charge in [-0.15, -0.1) is 0 Å². The van der Waals surface area contributed by atoms with Gasteiger partial charge in [0.1, 0.15) is 5.25 Å². The van der Waals surface area contributed by atoms with E-state index in [1.54, 1.807) is 0 Å². The number of hydrogen-bond acceptors (Lipinski definition) is 3. The molecule has 0 saturated carbocycles. The average molecular weight is 278 g/mol. The van der Waals surface area contributed by atoms with Gasteiger partial charge in [0.25, 0.3) is 0 Å². The Bertz CT molecular complexity index is 147. The largest absolute Gasteiger partial charge is 0 e. The van der Waals surface area contributed by atoms with Crippen molar-refractivity contribution in [2.24, 2.45) is 0 Å². The third-order valence-electron chi connectivity index (χ3n) is 0.653. The Hall–Kier alpha value is 1.60. The maximum atomic E-state index is 9.90. The molecule has 0 fully saturated rings. The summed E-state index contributed by atoms with van der Waals surface area (Å²) in [6, 6.07) is 0. The molecule has 0 spiro atoms. The van der Waals surface area contributed by atoms with Gasteiger partial charge < -0.3 is 10.2 Å². The zero-order chi connectivity index (χ0) is 7.44. The van der Waals surface area contributed by atoms with E-state index in [0.717, 1.165) is 0 Å². The molecule has 0 rings (SSSR count). The van der Waals surface area contributed by atoms with E-state index >= 15 is 0 Å². The second kappa shape index (κ2) is 12.6. The summed E-state index contributed by atoms with van der Waals surface area (Å²) in [5.74, 6) is -2.36. The number of carboxylic acids is 2. The molecule has 0 aliphatic rings. The van der Waals surface area contributed by atoms with E-state index in [2.05, 4.69) is 12.6 Å². The summed E-state index contributed by atoms with van der Waals surface area (Å²) < 4.78 is 0. The zero-order valence-corrected chi connectivity index (χ0v) is 6.79. The van der Waals surface area contributed by atoms with Crippen LogP contribution in [-0.2, 0) is 26.7 Å². The van der Waals surface area contributed by atoms with Gasteiger partial charge in [-0.05, 0) is 0 Å². The van der Waals surface area contributed by atoms with E-state index in [1.807, 2.05) is 0 Å². The van der Waals surface area contributed by atoms with Gasteiger partial charge in [-0.1, -0.05) is 0 Å². The maximum Gasteiger partial charge on any atom is 0 e. The molecule has 1 unspecified atom stereocenters. The van der Waals surface area contributed by atoms with Crippen LogP contribution in [-0.4, -0.2) is 82.5 Å². The Morgan fingerprint density at radius 1 is 1.33 bits per heavy atom. The average Bonchev–Trinajstić information content (AvgIpc) is 1.63. The van der Waals surface area contributed by atoms with Crippen molar-refractivity contribution in [3.05, 3.63) is 0 Å². The molecule has 0 heterocycles. The van der Waals surface area contributed by atoms with Crippen molar-refractivity contribution in [2.75, 3.05) is 0 Å². The first-order chi connectivity index (χ1) is 4.04. The molecule has 12 heavy (non-hydrogen) atoms. The summed E-state index contributed by atoms with van der Waals surface area (Å²) in [6.07, 6.45) is -0.446. The Kier molecular flexibility index (Phi) is 24.6. The van der Waals surface area contributed by atoms with Crippen LogP contribution in [0.2, 0.25) is 0 Å². The minimum absolute atomic E-state index is 0. The quantitative estimate of drug-likeness (QED) is 0.402. The molecule has 2 N–H and O–H groups in total. The van der Waals surface area contributed by atoms with Gasteiger partial charge in [-0.3, -0.25) is 9.59 Å². The van der Waals surface area contributed by atoms with Crippen LogP contribution >= 0.6 is 12.6 Å². The molecule has 1 atom stereocenters. The number of carboxylic acid groups (broad SMARTS) is 2. The molecule has 0 aliphatic carbocycles. The minimum atomic E-state index is -1.21. The standard InChI is InChI=1S/C4H6O4S.Al.Ca.Fe.5H/c5-3(6)1-2(9)4(7)8;;;;;;;;/h2,9H,1H2,(H,5,6)(H,7,8);;;;;;;;. The first-order valence-electron chi connectivity index (χ1n) is 2.16. The fourth-order valence-electron chi connectivity index (χ4n) is 0.253. The Labute approximate surface area is 126 Å². The predicted molar refractivity (Wildman–Crippen MR) is 51.1 cm³/mol. The van der Waals surface area contributed by atoms with Crippen LogP contribution < -0.4 is 0 Å². The molecule has 70 valence electrons. The Morgan fingerprint density at radius 3 is 1.75 bits per heavy atom. The van der Waals surface area contributed by atoms with Crippen LogP contribution in [0, 0.1) is 0 Å². The molecular weight excluding hydrogens is 267 g/mol. The molecule has 0 saturated heterocycles. The summed E-state index contributed by atoms with van der Waals surface area (Å²) in [5, 5.41) is 15.0. The van der Waals surface area contributed by atoms with E-state index in [9.17, 15) is 9.59 Å². The van der Waals surface area contributed by atoms with E-state index in [0.29, 0.717) is 0 Å². The van der Waals surface area contributed by atoms with Crippen molar-refractivity contribution in [1.82, 2.24) is 0 Å². The molecule has 8 heteroatoms. The monoisotopic (exact) mass is 278 g/mol. The molecule has 0 aromatic heterocycles. The number of rotatable bonds is 3. The first kappa shape index (κ1) is 23.4. The number of hydrogen-bond donors (Lipinski definition) is 3. The molecule has 4 nitrogen and oxygen atoms in total. The van der Waals surface area contributed by atoms with E-state index in [1.165, 1.54) is 0 Å². The second-order valence-electron chi connectivity index (χ2n) is 1.45. The van der Waals surface area contributed by atoms with E-state index < -0.39 is 23.6 Å². The van der Waals surface area contributed by atoms with Crippen molar-refractivity contribution in [3.63, 3.8) is 0 Å². The molecule has 0 amide bonds. The summed E-state index contributed by atoms with van der Waals surface area (Å²) in [4.78, 5) is 19.7. The maximum absolute atomic E-state index is 9.90. The SMILES string of the molecule is O=C(O)CC(S)C(=O)O.[AlH3].[CaH2].[Fe]. The summed E-state index contributed by atoms with van der Waals surface area (Å²) >= 11 is 3.48. The van der Waals surface area contributed by atoms with Crippen LogP contribution in [0.25, 0.3) is 0 Å². The topological polar surface area (TPSA) is 74.6 Å². The van der Waals surface area contributed by atoms with Crippen molar-refractivity contribution in [1.29, 1.82) is 0 Å². The van der Waals surface area contributed by atoms with Crippen LogP contribution in [0.3, 0.4) is 0 Å². The third-order valence-corrected chi connectivity index (χ3v) is 1.06. The summed E-state index contributed by atoms with van der Waals surface area (Å²) in [5.41, 5.74) is 0. The molecular formula is C4H11AlCaFeO4S. The van der Waals surface area contributed by atoms with Gasteiger partial charge in [0.05, 0.1) is 6.42 Å². The van der Waals surface area contributed by atoms with E-state index in [-0.39, 0.29) is 72.2 Å². The van der Waals surface area contributed by atoms with Crippen LogP contribution in [0.4, 0.5) is 0 Å². The fourth-order valence-corrected chi connectivity index (χ4v) is 0.409. The number of aliphatic carboxylic acids is 2. The van der Waals surface area contributed by atoms with Crippen LogP contribution in [0.15, 0.2) is 0 Å². The van der Waals surface area contributed by atoms with Crippen molar-refractivity contribution in [3.8, 4) is 0 Å².